The maximum atomic E-state index is 11.5. The number of aryl methyl sites for hydroxylation is 1. The number of benzene rings is 2. The van der Waals surface area contributed by atoms with E-state index in [1.165, 1.54) is 0 Å². The highest BCUT2D eigenvalue weighted by Gasteiger charge is 2.03. The van der Waals surface area contributed by atoms with Crippen LogP contribution in [0.3, 0.4) is 0 Å². The molecule has 3 aromatic rings. The van der Waals surface area contributed by atoms with Crippen LogP contribution in [0.2, 0.25) is 0 Å². The van der Waals surface area contributed by atoms with Crippen molar-refractivity contribution >= 4 is 11.0 Å². The number of rotatable bonds is 1. The Morgan fingerprint density at radius 2 is 1.67 bits per heavy atom. The molecule has 0 amide bonds. The van der Waals surface area contributed by atoms with Crippen molar-refractivity contribution in [2.75, 3.05) is 0 Å². The zero-order valence-electron chi connectivity index (χ0n) is 10.0. The largest absolute Gasteiger partial charge is 0.423 e. The molecular formula is C16H12O2. The van der Waals surface area contributed by atoms with Crippen molar-refractivity contribution < 1.29 is 4.42 Å². The van der Waals surface area contributed by atoms with Gasteiger partial charge < -0.3 is 4.42 Å². The maximum Gasteiger partial charge on any atom is 0.339 e. The van der Waals surface area contributed by atoms with E-state index < -0.39 is 0 Å². The molecule has 1 heterocycles. The smallest absolute Gasteiger partial charge is 0.339 e. The lowest BCUT2D eigenvalue weighted by Gasteiger charge is -2.03. The summed E-state index contributed by atoms with van der Waals surface area (Å²) < 4.78 is 5.30. The zero-order valence-corrected chi connectivity index (χ0v) is 10.0. The second-order valence-electron chi connectivity index (χ2n) is 4.34. The van der Waals surface area contributed by atoms with Crippen LogP contribution in [0.15, 0.2) is 63.8 Å². The summed E-state index contributed by atoms with van der Waals surface area (Å²) in [5, 5.41) is 0.951. The lowest BCUT2D eigenvalue weighted by Crippen LogP contribution is -2.01. The van der Waals surface area contributed by atoms with E-state index in [4.69, 9.17) is 4.42 Å². The zero-order chi connectivity index (χ0) is 12.5. The molecule has 0 saturated heterocycles. The molecule has 0 aliphatic rings. The van der Waals surface area contributed by atoms with E-state index in [1.807, 2.05) is 54.6 Å². The number of hydrogen-bond donors (Lipinski definition) is 0. The van der Waals surface area contributed by atoms with E-state index >= 15 is 0 Å². The molecule has 0 bridgehead atoms. The van der Waals surface area contributed by atoms with Crippen molar-refractivity contribution in [3.05, 3.63) is 70.6 Å². The molecule has 0 radical (unpaired) electrons. The fourth-order valence-corrected chi connectivity index (χ4v) is 2.02. The van der Waals surface area contributed by atoms with Gasteiger partial charge in [-0.3, -0.25) is 0 Å². The third-order valence-corrected chi connectivity index (χ3v) is 3.02. The minimum atomic E-state index is -0.271. The minimum Gasteiger partial charge on any atom is -0.423 e. The highest BCUT2D eigenvalue weighted by Crippen LogP contribution is 2.23. The topological polar surface area (TPSA) is 30.2 Å². The summed E-state index contributed by atoms with van der Waals surface area (Å²) in [6.07, 6.45) is 0. The first-order valence-corrected chi connectivity index (χ1v) is 5.84. The van der Waals surface area contributed by atoms with E-state index in [2.05, 4.69) is 0 Å². The molecule has 18 heavy (non-hydrogen) atoms. The Morgan fingerprint density at radius 1 is 0.889 bits per heavy atom. The quantitative estimate of drug-likeness (QED) is 0.602. The van der Waals surface area contributed by atoms with Crippen molar-refractivity contribution in [3.8, 4) is 11.1 Å². The lowest BCUT2D eigenvalue weighted by atomic mass is 10.0. The number of hydrogen-bond acceptors (Lipinski definition) is 2. The van der Waals surface area contributed by atoms with E-state index in [0.717, 1.165) is 16.5 Å². The molecule has 0 atom stereocenters. The Hall–Kier alpha value is -2.35. The average Bonchev–Trinajstić information content (AvgIpc) is 2.41. The Kier molecular flexibility index (Phi) is 2.49. The minimum absolute atomic E-state index is 0.271. The van der Waals surface area contributed by atoms with Crippen molar-refractivity contribution in [2.24, 2.45) is 0 Å². The van der Waals surface area contributed by atoms with E-state index in [9.17, 15) is 4.79 Å². The molecule has 0 fully saturated rings. The molecule has 2 heteroatoms. The second-order valence-corrected chi connectivity index (χ2v) is 4.34. The van der Waals surface area contributed by atoms with Gasteiger partial charge in [-0.1, -0.05) is 42.5 Å². The Balaban J connectivity index is 2.23. The normalized spacial score (nSPS) is 10.7. The molecule has 0 aliphatic heterocycles. The maximum absolute atomic E-state index is 11.5. The van der Waals surface area contributed by atoms with Crippen LogP contribution in [0, 0.1) is 6.92 Å². The molecule has 2 aromatic carbocycles. The molecule has 0 aliphatic carbocycles. The van der Waals surface area contributed by atoms with Crippen LogP contribution in [-0.4, -0.2) is 0 Å². The summed E-state index contributed by atoms with van der Waals surface area (Å²) in [6, 6.07) is 17.8. The molecule has 0 saturated carbocycles. The van der Waals surface area contributed by atoms with Gasteiger partial charge in [0.15, 0.2) is 0 Å². The summed E-state index contributed by atoms with van der Waals surface area (Å²) in [7, 11) is 0. The summed E-state index contributed by atoms with van der Waals surface area (Å²) >= 11 is 0. The van der Waals surface area contributed by atoms with E-state index in [0.29, 0.717) is 11.1 Å². The van der Waals surface area contributed by atoms with Gasteiger partial charge in [0.05, 0.1) is 0 Å². The van der Waals surface area contributed by atoms with Crippen LogP contribution in [0.1, 0.15) is 5.56 Å². The first-order chi connectivity index (χ1) is 8.74. The molecule has 3 rings (SSSR count). The SMILES string of the molecule is Cc1cc2ccc(-c3ccccc3)cc2oc1=O. The lowest BCUT2D eigenvalue weighted by molar-refractivity contribution is 0.555. The van der Waals surface area contributed by atoms with Crippen molar-refractivity contribution in [1.29, 1.82) is 0 Å². The van der Waals surface area contributed by atoms with Crippen molar-refractivity contribution in [1.82, 2.24) is 0 Å². The monoisotopic (exact) mass is 236 g/mol. The second kappa shape index (κ2) is 4.15. The predicted octanol–water partition coefficient (Wildman–Crippen LogP) is 3.77. The fourth-order valence-electron chi connectivity index (χ4n) is 2.02. The van der Waals surface area contributed by atoms with Gasteiger partial charge in [0.1, 0.15) is 5.58 Å². The van der Waals surface area contributed by atoms with Gasteiger partial charge in [0, 0.05) is 10.9 Å². The Morgan fingerprint density at radius 3 is 2.44 bits per heavy atom. The van der Waals surface area contributed by atoms with E-state index in [1.54, 1.807) is 6.92 Å². The van der Waals surface area contributed by atoms with Gasteiger partial charge in [-0.25, -0.2) is 4.79 Å². The van der Waals surface area contributed by atoms with Gasteiger partial charge in [0.25, 0.3) is 0 Å². The van der Waals surface area contributed by atoms with Crippen LogP contribution in [-0.2, 0) is 0 Å². The summed E-state index contributed by atoms with van der Waals surface area (Å²) in [5.41, 5.74) is 3.16. The van der Waals surface area contributed by atoms with Crippen LogP contribution >= 0.6 is 0 Å². The third-order valence-electron chi connectivity index (χ3n) is 3.02. The predicted molar refractivity (Wildman–Crippen MR) is 72.7 cm³/mol. The highest BCUT2D eigenvalue weighted by atomic mass is 16.4. The van der Waals surface area contributed by atoms with Gasteiger partial charge in [-0.15, -0.1) is 0 Å². The molecule has 2 nitrogen and oxygen atoms in total. The van der Waals surface area contributed by atoms with Crippen LogP contribution in [0.4, 0.5) is 0 Å². The molecule has 0 spiro atoms. The molecule has 1 aromatic heterocycles. The average molecular weight is 236 g/mol. The Labute approximate surface area is 105 Å². The van der Waals surface area contributed by atoms with Crippen LogP contribution in [0.25, 0.3) is 22.1 Å². The highest BCUT2D eigenvalue weighted by molar-refractivity contribution is 5.82. The van der Waals surface area contributed by atoms with Gasteiger partial charge >= 0.3 is 5.63 Å². The summed E-state index contributed by atoms with van der Waals surface area (Å²) in [4.78, 5) is 11.5. The van der Waals surface area contributed by atoms with Gasteiger partial charge in [-0.2, -0.15) is 0 Å². The standard InChI is InChI=1S/C16H12O2/c1-11-9-14-8-7-13(10-15(14)18-16(11)17)12-5-3-2-4-6-12/h2-10H,1H3. The molecule has 0 N–H and O–H groups in total. The summed E-state index contributed by atoms with van der Waals surface area (Å²) in [6.45, 7) is 1.76. The van der Waals surface area contributed by atoms with Crippen LogP contribution < -0.4 is 5.63 Å². The van der Waals surface area contributed by atoms with Crippen LogP contribution in [0.5, 0.6) is 0 Å². The van der Waals surface area contributed by atoms with Crippen molar-refractivity contribution in [3.63, 3.8) is 0 Å². The van der Waals surface area contributed by atoms with Crippen molar-refractivity contribution in [2.45, 2.75) is 6.92 Å². The fraction of sp³-hybridized carbons (Fsp3) is 0.0625. The summed E-state index contributed by atoms with van der Waals surface area (Å²) in [5.74, 6) is 0. The first-order valence-electron chi connectivity index (χ1n) is 5.84. The molecule has 88 valence electrons. The van der Waals surface area contributed by atoms with Gasteiger partial charge in [0.2, 0.25) is 0 Å². The van der Waals surface area contributed by atoms with E-state index in [-0.39, 0.29) is 5.63 Å². The van der Waals surface area contributed by atoms with Gasteiger partial charge in [-0.05, 0) is 30.2 Å². The Bertz CT molecular complexity index is 755. The third kappa shape index (κ3) is 1.82. The number of fused-ring (bicyclic) bond motifs is 1. The molecular weight excluding hydrogens is 224 g/mol. The molecule has 0 unspecified atom stereocenters. The first kappa shape index (κ1) is 10.8.